The summed E-state index contributed by atoms with van der Waals surface area (Å²) >= 11 is 0. The fraction of sp³-hybridized carbons (Fsp3) is 0.130. The first kappa shape index (κ1) is 19.7. The van der Waals surface area contributed by atoms with Crippen LogP contribution in [0.1, 0.15) is 17.5 Å². The summed E-state index contributed by atoms with van der Waals surface area (Å²) in [7, 11) is 0. The van der Waals surface area contributed by atoms with E-state index >= 15 is 0 Å². The van der Waals surface area contributed by atoms with Crippen LogP contribution in [0.5, 0.6) is 0 Å². The number of H-pyrrole nitrogens is 1. The fourth-order valence-corrected chi connectivity index (χ4v) is 3.37. The predicted octanol–water partition coefficient (Wildman–Crippen LogP) is 5.82. The summed E-state index contributed by atoms with van der Waals surface area (Å²) in [5.74, 6) is -0.203. The maximum absolute atomic E-state index is 13.2. The normalized spacial score (nSPS) is 11.6. The molecule has 1 amide bonds. The molecule has 2 aromatic carbocycles. The minimum Gasteiger partial charge on any atom is -0.361 e. The number of aromatic amines is 1. The van der Waals surface area contributed by atoms with E-state index in [1.165, 1.54) is 18.5 Å². The van der Waals surface area contributed by atoms with E-state index in [0.29, 0.717) is 28.8 Å². The van der Waals surface area contributed by atoms with E-state index in [4.69, 9.17) is 0 Å². The number of benzene rings is 2. The Morgan fingerprint density at radius 1 is 1.00 bits per heavy atom. The molecule has 0 unspecified atom stereocenters. The smallest absolute Gasteiger partial charge is 0.361 e. The Balaban J connectivity index is 1.52. The number of halogens is 3. The number of nitrogens with zero attached hydrogens (tertiary/aromatic N) is 1. The number of carbonyl (C=O) groups is 1. The predicted molar refractivity (Wildman–Crippen MR) is 110 cm³/mol. The minimum absolute atomic E-state index is 0.147. The van der Waals surface area contributed by atoms with Crippen molar-refractivity contribution in [3.8, 4) is 11.1 Å². The first-order valence-electron chi connectivity index (χ1n) is 9.38. The highest BCUT2D eigenvalue weighted by Crippen LogP contribution is 2.34. The summed E-state index contributed by atoms with van der Waals surface area (Å²) in [5, 5.41) is 3.83. The number of aryl methyl sites for hydroxylation is 1. The Labute approximate surface area is 170 Å². The van der Waals surface area contributed by atoms with Crippen LogP contribution in [0.2, 0.25) is 0 Å². The third-order valence-electron chi connectivity index (χ3n) is 4.89. The van der Waals surface area contributed by atoms with E-state index in [1.807, 2.05) is 24.4 Å². The Morgan fingerprint density at radius 3 is 2.57 bits per heavy atom. The standard InChI is InChI=1S/C23H18F3N3O/c24-23(25,26)18-3-1-15(20(14-18)16-7-10-27-11-8-16)2-6-22(30)29-19-4-5-21-17(13-19)9-12-28-21/h1,3-5,7-14,28H,2,6H2,(H,29,30). The molecule has 2 heterocycles. The zero-order chi connectivity index (χ0) is 21.1. The van der Waals surface area contributed by atoms with Gasteiger partial charge in [-0.25, -0.2) is 0 Å². The lowest BCUT2D eigenvalue weighted by atomic mass is 9.95. The lowest BCUT2D eigenvalue weighted by Crippen LogP contribution is -2.13. The van der Waals surface area contributed by atoms with E-state index < -0.39 is 11.7 Å². The highest BCUT2D eigenvalue weighted by molar-refractivity contribution is 5.94. The van der Waals surface area contributed by atoms with Gasteiger partial charge in [0, 0.05) is 41.6 Å². The topological polar surface area (TPSA) is 57.8 Å². The number of nitrogens with one attached hydrogen (secondary N) is 2. The quantitative estimate of drug-likeness (QED) is 0.436. The van der Waals surface area contributed by atoms with E-state index in [2.05, 4.69) is 15.3 Å². The van der Waals surface area contributed by atoms with Gasteiger partial charge in [-0.1, -0.05) is 6.07 Å². The molecule has 0 aliphatic heterocycles. The Bertz CT molecular complexity index is 1180. The molecule has 4 nitrogen and oxygen atoms in total. The van der Waals surface area contributed by atoms with Crippen molar-refractivity contribution in [3.63, 3.8) is 0 Å². The number of carbonyl (C=O) groups excluding carboxylic acids is 1. The van der Waals surface area contributed by atoms with Crippen molar-refractivity contribution in [2.75, 3.05) is 5.32 Å². The average molecular weight is 409 g/mol. The van der Waals surface area contributed by atoms with Crippen LogP contribution in [0.3, 0.4) is 0 Å². The summed E-state index contributed by atoms with van der Waals surface area (Å²) < 4.78 is 39.5. The van der Waals surface area contributed by atoms with Gasteiger partial charge in [-0.3, -0.25) is 9.78 Å². The van der Waals surface area contributed by atoms with Crippen molar-refractivity contribution in [2.24, 2.45) is 0 Å². The zero-order valence-corrected chi connectivity index (χ0v) is 15.8. The van der Waals surface area contributed by atoms with Gasteiger partial charge in [0.1, 0.15) is 0 Å². The molecule has 30 heavy (non-hydrogen) atoms. The van der Waals surface area contributed by atoms with Crippen molar-refractivity contribution >= 4 is 22.5 Å². The number of hydrogen-bond donors (Lipinski definition) is 2. The molecule has 0 aliphatic rings. The van der Waals surface area contributed by atoms with Crippen LogP contribution in [0.4, 0.5) is 18.9 Å². The average Bonchev–Trinajstić information content (AvgIpc) is 3.20. The summed E-state index contributed by atoms with van der Waals surface area (Å²) in [6, 6.07) is 14.4. The second-order valence-electron chi connectivity index (χ2n) is 6.93. The van der Waals surface area contributed by atoms with Gasteiger partial charge in [0.25, 0.3) is 0 Å². The number of hydrogen-bond acceptors (Lipinski definition) is 2. The van der Waals surface area contributed by atoms with Crippen LogP contribution in [0.25, 0.3) is 22.0 Å². The third kappa shape index (κ3) is 4.35. The van der Waals surface area contributed by atoms with E-state index in [9.17, 15) is 18.0 Å². The van der Waals surface area contributed by atoms with Gasteiger partial charge >= 0.3 is 6.18 Å². The number of amides is 1. The molecular weight excluding hydrogens is 391 g/mol. The lowest BCUT2D eigenvalue weighted by Gasteiger charge is -2.14. The molecule has 7 heteroatoms. The monoisotopic (exact) mass is 409 g/mol. The molecule has 0 saturated heterocycles. The van der Waals surface area contributed by atoms with Crippen molar-refractivity contribution < 1.29 is 18.0 Å². The molecule has 0 spiro atoms. The summed E-state index contributed by atoms with van der Waals surface area (Å²) in [4.78, 5) is 19.4. The maximum atomic E-state index is 13.2. The molecule has 4 aromatic rings. The van der Waals surface area contributed by atoms with E-state index in [-0.39, 0.29) is 12.3 Å². The molecule has 4 rings (SSSR count). The molecule has 0 radical (unpaired) electrons. The number of rotatable bonds is 5. The maximum Gasteiger partial charge on any atom is 0.416 e. The zero-order valence-electron chi connectivity index (χ0n) is 15.8. The second-order valence-corrected chi connectivity index (χ2v) is 6.93. The SMILES string of the molecule is O=C(CCc1ccc(C(F)(F)F)cc1-c1ccncc1)Nc1ccc2[nH]ccc2c1. The number of pyridine rings is 1. The number of alkyl halides is 3. The van der Waals surface area contributed by atoms with Crippen LogP contribution in [0, 0.1) is 0 Å². The fourth-order valence-electron chi connectivity index (χ4n) is 3.37. The molecule has 0 saturated carbocycles. The Morgan fingerprint density at radius 2 is 1.80 bits per heavy atom. The van der Waals surface area contributed by atoms with Crippen molar-refractivity contribution in [1.29, 1.82) is 0 Å². The van der Waals surface area contributed by atoms with Crippen molar-refractivity contribution in [2.45, 2.75) is 19.0 Å². The third-order valence-corrected chi connectivity index (χ3v) is 4.89. The molecule has 2 aromatic heterocycles. The lowest BCUT2D eigenvalue weighted by molar-refractivity contribution is -0.137. The highest BCUT2D eigenvalue weighted by Gasteiger charge is 2.31. The van der Waals surface area contributed by atoms with Crippen molar-refractivity contribution in [3.05, 3.63) is 84.3 Å². The molecular formula is C23H18F3N3O. The molecule has 2 N–H and O–H groups in total. The number of aromatic nitrogens is 2. The van der Waals surface area contributed by atoms with Crippen LogP contribution < -0.4 is 5.32 Å². The number of anilines is 1. The van der Waals surface area contributed by atoms with Gasteiger partial charge in [0.15, 0.2) is 0 Å². The van der Waals surface area contributed by atoms with Crippen LogP contribution >= 0.6 is 0 Å². The van der Waals surface area contributed by atoms with Crippen LogP contribution in [-0.4, -0.2) is 15.9 Å². The Kier molecular flexibility index (Phi) is 5.27. The van der Waals surface area contributed by atoms with Gasteiger partial charge in [-0.15, -0.1) is 0 Å². The van der Waals surface area contributed by atoms with Gasteiger partial charge < -0.3 is 10.3 Å². The first-order valence-corrected chi connectivity index (χ1v) is 9.38. The highest BCUT2D eigenvalue weighted by atomic mass is 19.4. The van der Waals surface area contributed by atoms with Gasteiger partial charge in [-0.05, 0) is 71.6 Å². The summed E-state index contributed by atoms with van der Waals surface area (Å²) in [6.45, 7) is 0. The first-order chi connectivity index (χ1) is 14.4. The Hall–Kier alpha value is -3.61. The molecule has 0 bridgehead atoms. The summed E-state index contributed by atoms with van der Waals surface area (Å²) in [5.41, 5.74) is 2.68. The molecule has 152 valence electrons. The summed E-state index contributed by atoms with van der Waals surface area (Å²) in [6.07, 6.45) is 0.908. The second kappa shape index (κ2) is 8.02. The van der Waals surface area contributed by atoms with Crippen LogP contribution in [0.15, 0.2) is 73.2 Å². The van der Waals surface area contributed by atoms with Crippen LogP contribution in [-0.2, 0) is 17.4 Å². The van der Waals surface area contributed by atoms with E-state index in [0.717, 1.165) is 23.0 Å². The van der Waals surface area contributed by atoms with Gasteiger partial charge in [0.05, 0.1) is 5.56 Å². The van der Waals surface area contributed by atoms with E-state index in [1.54, 1.807) is 18.2 Å². The van der Waals surface area contributed by atoms with Crippen molar-refractivity contribution in [1.82, 2.24) is 9.97 Å². The molecule has 0 fully saturated rings. The minimum atomic E-state index is -4.44. The molecule has 0 atom stereocenters. The largest absolute Gasteiger partial charge is 0.416 e. The van der Waals surface area contributed by atoms with Gasteiger partial charge in [0.2, 0.25) is 5.91 Å². The number of fused-ring (bicyclic) bond motifs is 1. The van der Waals surface area contributed by atoms with Gasteiger partial charge in [-0.2, -0.15) is 13.2 Å². The molecule has 0 aliphatic carbocycles.